The minimum atomic E-state index is -0.0363. The van der Waals surface area contributed by atoms with Gasteiger partial charge in [0, 0.05) is 11.3 Å². The van der Waals surface area contributed by atoms with Crippen LogP contribution in [0.3, 0.4) is 0 Å². The van der Waals surface area contributed by atoms with Crippen molar-refractivity contribution in [2.45, 2.75) is 19.9 Å². The molecule has 2 nitrogen and oxygen atoms in total. The summed E-state index contributed by atoms with van der Waals surface area (Å²) in [5.41, 5.74) is 5.10. The van der Waals surface area contributed by atoms with E-state index in [1.807, 2.05) is 36.1 Å². The predicted octanol–water partition coefficient (Wildman–Crippen LogP) is 3.95. The Balaban J connectivity index is 1.97. The number of nitrogens with zero attached hydrogens (tertiary/aromatic N) is 1. The normalized spacial score (nSPS) is 18.1. The molecule has 0 aliphatic carbocycles. The Morgan fingerprint density at radius 2 is 1.40 bits per heavy atom. The molecule has 2 aromatic rings. The Labute approximate surface area is 119 Å². The van der Waals surface area contributed by atoms with Gasteiger partial charge in [0.2, 0.25) is 0 Å². The zero-order chi connectivity index (χ0) is 14.3. The fourth-order valence-corrected chi connectivity index (χ4v) is 2.55. The molecule has 0 radical (unpaired) electrons. The van der Waals surface area contributed by atoms with Crippen molar-refractivity contribution in [1.82, 2.24) is 0 Å². The van der Waals surface area contributed by atoms with Crippen molar-refractivity contribution in [2.75, 3.05) is 4.90 Å². The number of aryl methyl sites for hydroxylation is 2. The van der Waals surface area contributed by atoms with Crippen molar-refractivity contribution in [3.8, 4) is 0 Å². The van der Waals surface area contributed by atoms with Gasteiger partial charge in [0.15, 0.2) is 0 Å². The molecule has 1 atom stereocenters. The van der Waals surface area contributed by atoms with Crippen molar-refractivity contribution in [1.29, 1.82) is 0 Å². The maximum absolute atomic E-state index is 12.1. The Morgan fingerprint density at radius 3 is 1.95 bits per heavy atom. The first-order valence-electron chi connectivity index (χ1n) is 6.73. The summed E-state index contributed by atoms with van der Waals surface area (Å²) in [4.78, 5) is 13.9. The molecule has 1 saturated heterocycles. The molecular weight excluding hydrogens is 246 g/mol. The van der Waals surface area contributed by atoms with Gasteiger partial charge in [0.25, 0.3) is 5.91 Å². The van der Waals surface area contributed by atoms with Crippen LogP contribution in [0.4, 0.5) is 5.69 Å². The summed E-state index contributed by atoms with van der Waals surface area (Å²) in [5.74, 6) is 0.0134. The number of β-lactam (4-membered cyclic amide) rings is 1. The first kappa shape index (κ1) is 12.7. The molecular formula is C18H17NO. The van der Waals surface area contributed by atoms with Crippen molar-refractivity contribution >= 4 is 11.6 Å². The second kappa shape index (κ2) is 4.64. The number of benzene rings is 2. The van der Waals surface area contributed by atoms with Crippen LogP contribution >= 0.6 is 0 Å². The van der Waals surface area contributed by atoms with Crippen molar-refractivity contribution in [3.63, 3.8) is 0 Å². The third kappa shape index (κ3) is 1.94. The lowest BCUT2D eigenvalue weighted by atomic mass is 9.88. The first-order chi connectivity index (χ1) is 9.58. The van der Waals surface area contributed by atoms with E-state index in [2.05, 4.69) is 37.8 Å². The third-order valence-corrected chi connectivity index (χ3v) is 3.79. The van der Waals surface area contributed by atoms with Crippen LogP contribution in [0, 0.1) is 13.8 Å². The van der Waals surface area contributed by atoms with Crippen LogP contribution in [0.5, 0.6) is 0 Å². The summed E-state index contributed by atoms with van der Waals surface area (Å²) in [6.07, 6.45) is 0. The number of rotatable bonds is 2. The Hall–Kier alpha value is -2.35. The lowest BCUT2D eigenvalue weighted by Gasteiger charge is -2.42. The van der Waals surface area contributed by atoms with E-state index >= 15 is 0 Å². The van der Waals surface area contributed by atoms with E-state index in [9.17, 15) is 4.79 Å². The number of amides is 1. The molecule has 0 bridgehead atoms. The topological polar surface area (TPSA) is 20.3 Å². The average molecular weight is 263 g/mol. The minimum absolute atomic E-state index is 0.0134. The van der Waals surface area contributed by atoms with Gasteiger partial charge in [0.1, 0.15) is 0 Å². The average Bonchev–Trinajstić information content (AvgIpc) is 2.46. The minimum Gasteiger partial charge on any atom is -0.297 e. The molecule has 0 unspecified atom stereocenters. The monoisotopic (exact) mass is 263 g/mol. The molecule has 1 amide bonds. The Morgan fingerprint density at radius 1 is 0.900 bits per heavy atom. The van der Waals surface area contributed by atoms with Gasteiger partial charge in [-0.2, -0.15) is 0 Å². The third-order valence-electron chi connectivity index (χ3n) is 3.79. The zero-order valence-electron chi connectivity index (χ0n) is 11.8. The van der Waals surface area contributed by atoms with Gasteiger partial charge >= 0.3 is 0 Å². The number of hydrogen-bond donors (Lipinski definition) is 0. The standard InChI is InChI=1S/C18H17NO/c1-12-4-8-15(9-5-12)17-14(3)18(20)19(17)16-10-6-13(2)7-11-16/h4-11,17H,3H2,1-2H3/t17-/m0/s1. The summed E-state index contributed by atoms with van der Waals surface area (Å²) in [7, 11) is 0. The molecule has 2 aromatic carbocycles. The molecule has 20 heavy (non-hydrogen) atoms. The van der Waals surface area contributed by atoms with Crippen LogP contribution in [-0.2, 0) is 4.79 Å². The number of carbonyl (C=O) groups excluding carboxylic acids is 1. The summed E-state index contributed by atoms with van der Waals surface area (Å²) in [6, 6.07) is 16.3. The molecule has 0 aromatic heterocycles. The van der Waals surface area contributed by atoms with Gasteiger partial charge in [-0.25, -0.2) is 0 Å². The van der Waals surface area contributed by atoms with Crippen LogP contribution in [-0.4, -0.2) is 5.91 Å². The summed E-state index contributed by atoms with van der Waals surface area (Å²) < 4.78 is 0. The molecule has 100 valence electrons. The van der Waals surface area contributed by atoms with Crippen LogP contribution in [0.1, 0.15) is 22.7 Å². The van der Waals surface area contributed by atoms with Gasteiger partial charge in [0.05, 0.1) is 6.04 Å². The van der Waals surface area contributed by atoms with E-state index in [1.54, 1.807) is 0 Å². The summed E-state index contributed by atoms with van der Waals surface area (Å²) in [6.45, 7) is 8.02. The Bertz CT molecular complexity index is 606. The maximum atomic E-state index is 12.1. The second-order valence-corrected chi connectivity index (χ2v) is 5.35. The lowest BCUT2D eigenvalue weighted by molar-refractivity contribution is -0.118. The highest BCUT2D eigenvalue weighted by atomic mass is 16.2. The highest BCUT2D eigenvalue weighted by Crippen LogP contribution is 2.42. The van der Waals surface area contributed by atoms with E-state index in [-0.39, 0.29) is 11.9 Å². The fraction of sp³-hybridized carbons (Fsp3) is 0.167. The quantitative estimate of drug-likeness (QED) is 0.593. The number of carbonyl (C=O) groups is 1. The largest absolute Gasteiger partial charge is 0.297 e. The van der Waals surface area contributed by atoms with E-state index in [1.165, 1.54) is 11.1 Å². The van der Waals surface area contributed by atoms with Crippen LogP contribution < -0.4 is 4.90 Å². The van der Waals surface area contributed by atoms with Gasteiger partial charge < -0.3 is 0 Å². The predicted molar refractivity (Wildman–Crippen MR) is 81.7 cm³/mol. The number of hydrogen-bond acceptors (Lipinski definition) is 1. The van der Waals surface area contributed by atoms with E-state index in [4.69, 9.17) is 0 Å². The molecule has 3 rings (SSSR count). The molecule has 1 aliphatic rings. The molecule has 0 N–H and O–H groups in total. The van der Waals surface area contributed by atoms with Crippen LogP contribution in [0.2, 0.25) is 0 Å². The molecule has 2 heteroatoms. The number of anilines is 1. The van der Waals surface area contributed by atoms with Gasteiger partial charge in [-0.05, 0) is 31.5 Å². The highest BCUT2D eigenvalue weighted by molar-refractivity contribution is 6.14. The first-order valence-corrected chi connectivity index (χ1v) is 6.73. The lowest BCUT2D eigenvalue weighted by Crippen LogP contribution is -2.48. The SMILES string of the molecule is C=C1C(=O)N(c2ccc(C)cc2)[C@@H]1c1ccc(C)cc1. The summed E-state index contributed by atoms with van der Waals surface area (Å²) in [5, 5.41) is 0. The van der Waals surface area contributed by atoms with Crippen molar-refractivity contribution < 1.29 is 4.79 Å². The second-order valence-electron chi connectivity index (χ2n) is 5.35. The molecule has 0 saturated carbocycles. The zero-order valence-corrected chi connectivity index (χ0v) is 11.8. The molecule has 1 fully saturated rings. The van der Waals surface area contributed by atoms with Crippen molar-refractivity contribution in [2.24, 2.45) is 0 Å². The van der Waals surface area contributed by atoms with E-state index < -0.39 is 0 Å². The maximum Gasteiger partial charge on any atom is 0.256 e. The smallest absolute Gasteiger partial charge is 0.256 e. The van der Waals surface area contributed by atoms with E-state index in [0.29, 0.717) is 5.57 Å². The summed E-state index contributed by atoms with van der Waals surface area (Å²) >= 11 is 0. The Kier molecular flexibility index (Phi) is 2.94. The van der Waals surface area contributed by atoms with Gasteiger partial charge in [-0.1, -0.05) is 54.1 Å². The van der Waals surface area contributed by atoms with Gasteiger partial charge in [-0.15, -0.1) is 0 Å². The highest BCUT2D eigenvalue weighted by Gasteiger charge is 2.42. The molecule has 0 spiro atoms. The van der Waals surface area contributed by atoms with Crippen molar-refractivity contribution in [3.05, 3.63) is 77.4 Å². The van der Waals surface area contributed by atoms with Crippen LogP contribution in [0.25, 0.3) is 0 Å². The molecule has 1 aliphatic heterocycles. The molecule has 1 heterocycles. The van der Waals surface area contributed by atoms with Crippen LogP contribution in [0.15, 0.2) is 60.7 Å². The fourth-order valence-electron chi connectivity index (χ4n) is 2.55. The van der Waals surface area contributed by atoms with Gasteiger partial charge in [-0.3, -0.25) is 9.69 Å². The van der Waals surface area contributed by atoms with E-state index in [0.717, 1.165) is 11.3 Å².